The lowest BCUT2D eigenvalue weighted by Gasteiger charge is -2.26. The maximum absolute atomic E-state index is 12.4. The van der Waals surface area contributed by atoms with Gasteiger partial charge in [-0.3, -0.25) is 4.79 Å². The van der Waals surface area contributed by atoms with E-state index in [4.69, 9.17) is 19.3 Å². The first kappa shape index (κ1) is 22.4. The highest BCUT2D eigenvalue weighted by Gasteiger charge is 2.18. The number of rotatable bonds is 8. The molecule has 0 atom stereocenters. The van der Waals surface area contributed by atoms with Crippen LogP contribution >= 0.6 is 0 Å². The topological polar surface area (TPSA) is 63.6 Å². The number of hydrogen-bond acceptors (Lipinski definition) is 6. The number of benzene rings is 3. The van der Waals surface area contributed by atoms with Crippen LogP contribution in [0, 0.1) is 0 Å². The van der Waals surface area contributed by atoms with Crippen LogP contribution in [0.3, 0.4) is 0 Å². The van der Waals surface area contributed by atoms with Crippen molar-refractivity contribution in [1.29, 1.82) is 0 Å². The molecule has 1 aliphatic heterocycles. The summed E-state index contributed by atoms with van der Waals surface area (Å²) in [6, 6.07) is 25.4. The molecule has 1 aliphatic rings. The molecule has 1 amide bonds. The molecule has 0 spiro atoms. The summed E-state index contributed by atoms with van der Waals surface area (Å²) in [5, 5.41) is 6.59. The fourth-order valence-electron chi connectivity index (χ4n) is 3.47. The third kappa shape index (κ3) is 5.90. The van der Waals surface area contributed by atoms with E-state index >= 15 is 0 Å². The molecule has 1 heterocycles. The van der Waals surface area contributed by atoms with Gasteiger partial charge in [0.05, 0.1) is 37.9 Å². The van der Waals surface area contributed by atoms with E-state index in [2.05, 4.69) is 0 Å². The van der Waals surface area contributed by atoms with Crippen molar-refractivity contribution in [2.75, 3.05) is 45.0 Å². The number of anilines is 2. The van der Waals surface area contributed by atoms with Crippen LogP contribution in [0.2, 0.25) is 0 Å². The standard InChI is InChI=1S/C26H27N3O4/c1-31-25-18-21(12-13-24(25)33-20-26(30)28-14-16-32-17-15-28)19-27-29(22-8-4-2-5-9-22)23-10-6-3-7-11-23/h2-13,18-19H,14-17,20H2,1H3. The molecule has 1 fully saturated rings. The van der Waals surface area contributed by atoms with Gasteiger partial charge in [-0.25, -0.2) is 5.01 Å². The fourth-order valence-corrected chi connectivity index (χ4v) is 3.47. The van der Waals surface area contributed by atoms with E-state index < -0.39 is 0 Å². The van der Waals surface area contributed by atoms with Gasteiger partial charge in [0, 0.05) is 13.1 Å². The van der Waals surface area contributed by atoms with E-state index in [0.29, 0.717) is 37.8 Å². The van der Waals surface area contributed by atoms with Crippen molar-refractivity contribution in [3.05, 3.63) is 84.4 Å². The molecule has 0 aliphatic carbocycles. The molecule has 7 heteroatoms. The predicted octanol–water partition coefficient (Wildman–Crippen LogP) is 4.11. The Hall–Kier alpha value is -3.84. The molecular weight excluding hydrogens is 418 g/mol. The van der Waals surface area contributed by atoms with E-state index in [9.17, 15) is 4.79 Å². The Balaban J connectivity index is 1.48. The Bertz CT molecular complexity index is 1030. The summed E-state index contributed by atoms with van der Waals surface area (Å²) in [6.07, 6.45) is 1.77. The molecule has 3 aromatic rings. The molecule has 1 saturated heterocycles. The zero-order chi connectivity index (χ0) is 22.9. The van der Waals surface area contributed by atoms with Crippen molar-refractivity contribution in [3.8, 4) is 11.5 Å². The van der Waals surface area contributed by atoms with E-state index in [1.54, 1.807) is 24.3 Å². The molecule has 0 bridgehead atoms. The Morgan fingerprint density at radius 3 is 2.21 bits per heavy atom. The third-order valence-corrected chi connectivity index (χ3v) is 5.23. The highest BCUT2D eigenvalue weighted by atomic mass is 16.5. The number of carbonyl (C=O) groups excluding carboxylic acids is 1. The number of nitrogens with zero attached hydrogens (tertiary/aromatic N) is 3. The molecule has 0 N–H and O–H groups in total. The van der Waals surface area contributed by atoms with Gasteiger partial charge in [-0.15, -0.1) is 0 Å². The van der Waals surface area contributed by atoms with E-state index in [0.717, 1.165) is 16.9 Å². The maximum Gasteiger partial charge on any atom is 0.260 e. The molecule has 33 heavy (non-hydrogen) atoms. The van der Waals surface area contributed by atoms with Crippen molar-refractivity contribution in [3.63, 3.8) is 0 Å². The molecule has 4 rings (SSSR count). The molecular formula is C26H27N3O4. The minimum Gasteiger partial charge on any atom is -0.493 e. The van der Waals surface area contributed by atoms with Crippen LogP contribution in [0.1, 0.15) is 5.56 Å². The number of ether oxygens (including phenoxy) is 3. The molecule has 3 aromatic carbocycles. The second-order valence-electron chi connectivity index (χ2n) is 7.42. The lowest BCUT2D eigenvalue weighted by atomic mass is 10.2. The van der Waals surface area contributed by atoms with Gasteiger partial charge < -0.3 is 19.1 Å². The van der Waals surface area contributed by atoms with Crippen molar-refractivity contribution in [2.24, 2.45) is 5.10 Å². The van der Waals surface area contributed by atoms with Crippen molar-refractivity contribution >= 4 is 23.5 Å². The fraction of sp³-hybridized carbons (Fsp3) is 0.231. The number of hydrogen-bond donors (Lipinski definition) is 0. The van der Waals surface area contributed by atoms with Crippen LogP contribution in [-0.4, -0.2) is 57.0 Å². The quantitative estimate of drug-likeness (QED) is 0.386. The number of para-hydroxylation sites is 2. The zero-order valence-corrected chi connectivity index (χ0v) is 18.6. The van der Waals surface area contributed by atoms with E-state index in [1.807, 2.05) is 77.8 Å². The van der Waals surface area contributed by atoms with Crippen molar-refractivity contribution in [1.82, 2.24) is 4.90 Å². The summed E-state index contributed by atoms with van der Waals surface area (Å²) in [5.41, 5.74) is 2.75. The molecule has 0 aromatic heterocycles. The molecule has 0 unspecified atom stereocenters. The third-order valence-electron chi connectivity index (χ3n) is 5.23. The van der Waals surface area contributed by atoms with Crippen LogP contribution < -0.4 is 14.5 Å². The van der Waals surface area contributed by atoms with Gasteiger partial charge in [0.15, 0.2) is 18.1 Å². The minimum absolute atomic E-state index is 0.0421. The summed E-state index contributed by atoms with van der Waals surface area (Å²) in [5.74, 6) is 0.992. The largest absolute Gasteiger partial charge is 0.493 e. The number of methoxy groups -OCH3 is 1. The minimum atomic E-state index is -0.0626. The van der Waals surface area contributed by atoms with Gasteiger partial charge >= 0.3 is 0 Å². The number of morpholine rings is 1. The predicted molar refractivity (Wildman–Crippen MR) is 129 cm³/mol. The summed E-state index contributed by atoms with van der Waals surface area (Å²) < 4.78 is 16.5. The van der Waals surface area contributed by atoms with Crippen molar-refractivity contribution in [2.45, 2.75) is 0 Å². The van der Waals surface area contributed by atoms with Gasteiger partial charge in [-0.1, -0.05) is 36.4 Å². The molecule has 0 saturated carbocycles. The molecule has 170 valence electrons. The highest BCUT2D eigenvalue weighted by molar-refractivity contribution is 5.83. The van der Waals surface area contributed by atoms with Gasteiger partial charge in [0.1, 0.15) is 0 Å². The highest BCUT2D eigenvalue weighted by Crippen LogP contribution is 2.29. The Morgan fingerprint density at radius 1 is 0.970 bits per heavy atom. The van der Waals surface area contributed by atoms with Gasteiger partial charge in [-0.2, -0.15) is 5.10 Å². The molecule has 7 nitrogen and oxygen atoms in total. The monoisotopic (exact) mass is 445 g/mol. The van der Waals surface area contributed by atoms with Crippen LogP contribution in [-0.2, 0) is 9.53 Å². The number of hydrazone groups is 1. The summed E-state index contributed by atoms with van der Waals surface area (Å²) in [6.45, 7) is 2.26. The average Bonchev–Trinajstić information content (AvgIpc) is 2.89. The maximum atomic E-state index is 12.4. The molecule has 0 radical (unpaired) electrons. The summed E-state index contributed by atoms with van der Waals surface area (Å²) in [7, 11) is 1.58. The van der Waals surface area contributed by atoms with Gasteiger partial charge in [-0.05, 0) is 48.0 Å². The normalized spacial score (nSPS) is 13.7. The van der Waals surface area contributed by atoms with E-state index in [1.165, 1.54) is 0 Å². The second kappa shape index (κ2) is 11.2. The second-order valence-corrected chi connectivity index (χ2v) is 7.42. The van der Waals surface area contributed by atoms with Gasteiger partial charge in [0.2, 0.25) is 0 Å². The first-order valence-corrected chi connectivity index (χ1v) is 10.8. The van der Waals surface area contributed by atoms with Crippen LogP contribution in [0.4, 0.5) is 11.4 Å². The lowest BCUT2D eigenvalue weighted by Crippen LogP contribution is -2.43. The first-order chi connectivity index (χ1) is 16.2. The lowest BCUT2D eigenvalue weighted by molar-refractivity contribution is -0.137. The van der Waals surface area contributed by atoms with Crippen molar-refractivity contribution < 1.29 is 19.0 Å². The average molecular weight is 446 g/mol. The number of amides is 1. The smallest absolute Gasteiger partial charge is 0.260 e. The number of carbonyl (C=O) groups is 1. The Kier molecular flexibility index (Phi) is 7.56. The van der Waals surface area contributed by atoms with Crippen LogP contribution in [0.25, 0.3) is 0 Å². The van der Waals surface area contributed by atoms with E-state index in [-0.39, 0.29) is 12.5 Å². The van der Waals surface area contributed by atoms with Gasteiger partial charge in [0.25, 0.3) is 5.91 Å². The summed E-state index contributed by atoms with van der Waals surface area (Å²) >= 11 is 0. The Labute approximate surface area is 193 Å². The SMILES string of the molecule is COc1cc(C=NN(c2ccccc2)c2ccccc2)ccc1OCC(=O)N1CCOCC1. The van der Waals surface area contributed by atoms with Crippen LogP contribution in [0.15, 0.2) is 84.0 Å². The summed E-state index contributed by atoms with van der Waals surface area (Å²) in [4.78, 5) is 14.1. The Morgan fingerprint density at radius 2 is 1.61 bits per heavy atom. The first-order valence-electron chi connectivity index (χ1n) is 10.8. The zero-order valence-electron chi connectivity index (χ0n) is 18.6. The van der Waals surface area contributed by atoms with Crippen LogP contribution in [0.5, 0.6) is 11.5 Å².